The van der Waals surface area contributed by atoms with Crippen molar-refractivity contribution in [2.45, 2.75) is 52.5 Å². The molecular weight excluding hydrogens is 258 g/mol. The Morgan fingerprint density at radius 3 is 2.81 bits per heavy atom. The van der Waals surface area contributed by atoms with Crippen molar-refractivity contribution in [1.29, 1.82) is 0 Å². The number of aryl methyl sites for hydroxylation is 2. The number of nitrogens with zero attached hydrogens (tertiary/aromatic N) is 2. The number of nitrogens with one attached hydrogen (secondary N) is 1. The molecule has 2 heterocycles. The summed E-state index contributed by atoms with van der Waals surface area (Å²) in [5.74, 6) is 1.89. The molecule has 0 radical (unpaired) electrons. The molecule has 0 spiro atoms. The Labute approximate surface area is 127 Å². The first-order valence-electron chi connectivity index (χ1n) is 8.26. The molecule has 1 saturated heterocycles. The van der Waals surface area contributed by atoms with Crippen LogP contribution in [0.5, 0.6) is 0 Å². The second-order valence-corrected chi connectivity index (χ2v) is 6.82. The van der Waals surface area contributed by atoms with E-state index in [0.29, 0.717) is 5.92 Å². The fourth-order valence-electron chi connectivity index (χ4n) is 3.72. The number of hydrogen-bond acceptors (Lipinski definition) is 2. The molecule has 1 aromatic heterocycles. The highest BCUT2D eigenvalue weighted by Crippen LogP contribution is 2.39. The van der Waals surface area contributed by atoms with E-state index in [1.807, 2.05) is 0 Å². The zero-order chi connectivity index (χ0) is 15.0. The second-order valence-electron chi connectivity index (χ2n) is 6.82. The molecule has 3 nitrogen and oxygen atoms in total. The maximum atomic E-state index is 5.09. The quantitative estimate of drug-likeness (QED) is 0.929. The van der Waals surface area contributed by atoms with Gasteiger partial charge in [0.1, 0.15) is 5.82 Å². The summed E-state index contributed by atoms with van der Waals surface area (Å²) >= 11 is 0. The number of aromatic nitrogens is 2. The van der Waals surface area contributed by atoms with Crippen LogP contribution in [0, 0.1) is 12.8 Å². The van der Waals surface area contributed by atoms with Gasteiger partial charge in [-0.15, -0.1) is 0 Å². The highest BCUT2D eigenvalue weighted by atomic mass is 15.1. The van der Waals surface area contributed by atoms with Crippen molar-refractivity contribution in [1.82, 2.24) is 14.9 Å². The third kappa shape index (κ3) is 2.28. The van der Waals surface area contributed by atoms with E-state index in [0.717, 1.165) is 31.6 Å². The van der Waals surface area contributed by atoms with Crippen LogP contribution in [0.4, 0.5) is 0 Å². The summed E-state index contributed by atoms with van der Waals surface area (Å²) in [6, 6.07) is 6.67. The molecule has 0 bridgehead atoms. The fourth-order valence-corrected chi connectivity index (χ4v) is 3.72. The number of hydrogen-bond donors (Lipinski definition) is 1. The molecule has 1 aliphatic heterocycles. The fraction of sp³-hybridized carbons (Fsp3) is 0.611. The zero-order valence-electron chi connectivity index (χ0n) is 13.7. The van der Waals surface area contributed by atoms with E-state index in [-0.39, 0.29) is 5.41 Å². The van der Waals surface area contributed by atoms with E-state index in [4.69, 9.17) is 4.98 Å². The molecule has 3 heteroatoms. The highest BCUT2D eigenvalue weighted by molar-refractivity contribution is 5.77. The zero-order valence-corrected chi connectivity index (χ0v) is 13.7. The van der Waals surface area contributed by atoms with Crippen molar-refractivity contribution in [2.75, 3.05) is 13.1 Å². The minimum Gasteiger partial charge on any atom is -0.327 e. The van der Waals surface area contributed by atoms with Gasteiger partial charge < -0.3 is 9.88 Å². The maximum absolute atomic E-state index is 5.09. The van der Waals surface area contributed by atoms with Gasteiger partial charge in [0.05, 0.1) is 11.0 Å². The van der Waals surface area contributed by atoms with Crippen LogP contribution < -0.4 is 5.32 Å². The summed E-state index contributed by atoms with van der Waals surface area (Å²) < 4.78 is 2.47. The van der Waals surface area contributed by atoms with Crippen molar-refractivity contribution in [3.8, 4) is 0 Å². The third-order valence-electron chi connectivity index (χ3n) is 5.09. The molecular formula is C18H27N3. The first-order chi connectivity index (χ1) is 10.1. The van der Waals surface area contributed by atoms with Gasteiger partial charge in [-0.3, -0.25) is 0 Å². The van der Waals surface area contributed by atoms with E-state index >= 15 is 0 Å². The number of fused-ring (bicyclic) bond motifs is 1. The molecule has 2 aromatic rings. The average Bonchev–Trinajstić information content (AvgIpc) is 3.05. The van der Waals surface area contributed by atoms with Crippen LogP contribution in [0.25, 0.3) is 11.0 Å². The minimum absolute atomic E-state index is 0.183. The predicted octanol–water partition coefficient (Wildman–Crippen LogP) is 3.64. The van der Waals surface area contributed by atoms with Crippen LogP contribution >= 0.6 is 0 Å². The molecule has 1 aromatic carbocycles. The monoisotopic (exact) mass is 285 g/mol. The molecule has 0 amide bonds. The Balaban J connectivity index is 2.22. The van der Waals surface area contributed by atoms with Crippen LogP contribution in [-0.2, 0) is 12.0 Å². The van der Waals surface area contributed by atoms with Crippen molar-refractivity contribution in [2.24, 2.45) is 5.92 Å². The lowest BCUT2D eigenvalue weighted by Gasteiger charge is -2.32. The van der Waals surface area contributed by atoms with E-state index < -0.39 is 0 Å². The van der Waals surface area contributed by atoms with Gasteiger partial charge in [0.15, 0.2) is 0 Å². The van der Waals surface area contributed by atoms with Gasteiger partial charge >= 0.3 is 0 Å². The SMILES string of the molecule is CCCn1c(C2(C(C)C)CCNC2)nc2cc(C)ccc21. The van der Waals surface area contributed by atoms with E-state index in [1.54, 1.807) is 0 Å². The molecule has 1 atom stereocenters. The molecule has 114 valence electrons. The molecule has 1 fully saturated rings. The van der Waals surface area contributed by atoms with Crippen molar-refractivity contribution in [3.05, 3.63) is 29.6 Å². The molecule has 21 heavy (non-hydrogen) atoms. The average molecular weight is 285 g/mol. The maximum Gasteiger partial charge on any atom is 0.117 e. The van der Waals surface area contributed by atoms with Crippen LogP contribution in [0.15, 0.2) is 18.2 Å². The van der Waals surface area contributed by atoms with Gasteiger partial charge in [0.2, 0.25) is 0 Å². The topological polar surface area (TPSA) is 29.9 Å². The van der Waals surface area contributed by atoms with Crippen LogP contribution in [-0.4, -0.2) is 22.6 Å². The summed E-state index contributed by atoms with van der Waals surface area (Å²) in [7, 11) is 0. The van der Waals surface area contributed by atoms with Crippen molar-refractivity contribution >= 4 is 11.0 Å². The van der Waals surface area contributed by atoms with E-state index in [2.05, 4.69) is 55.8 Å². The smallest absolute Gasteiger partial charge is 0.117 e. The Morgan fingerprint density at radius 2 is 2.19 bits per heavy atom. The number of benzene rings is 1. The van der Waals surface area contributed by atoms with Crippen molar-refractivity contribution < 1.29 is 0 Å². The summed E-state index contributed by atoms with van der Waals surface area (Å²) in [5, 5.41) is 3.56. The normalized spacial score (nSPS) is 22.5. The minimum atomic E-state index is 0.183. The molecule has 1 unspecified atom stereocenters. The van der Waals surface area contributed by atoms with Gasteiger partial charge in [0, 0.05) is 18.5 Å². The molecule has 1 aliphatic rings. The first-order valence-corrected chi connectivity index (χ1v) is 8.26. The van der Waals surface area contributed by atoms with E-state index in [1.165, 1.54) is 23.3 Å². The lowest BCUT2D eigenvalue weighted by atomic mass is 9.75. The summed E-state index contributed by atoms with van der Waals surface area (Å²) in [4.78, 5) is 5.09. The molecule has 3 rings (SSSR count). The molecule has 1 N–H and O–H groups in total. The Morgan fingerprint density at radius 1 is 1.38 bits per heavy atom. The standard InChI is InChI=1S/C18H27N3/c1-5-10-21-16-7-6-14(4)11-15(16)20-17(21)18(13(2)3)8-9-19-12-18/h6-7,11,13,19H,5,8-10,12H2,1-4H3. The summed E-state index contributed by atoms with van der Waals surface area (Å²) in [6.45, 7) is 12.3. The van der Waals surface area contributed by atoms with Crippen LogP contribution in [0.2, 0.25) is 0 Å². The van der Waals surface area contributed by atoms with Gasteiger partial charge in [-0.05, 0) is 49.9 Å². The van der Waals surface area contributed by atoms with E-state index in [9.17, 15) is 0 Å². The Hall–Kier alpha value is -1.35. The van der Waals surface area contributed by atoms with Gasteiger partial charge in [-0.25, -0.2) is 4.98 Å². The van der Waals surface area contributed by atoms with Crippen LogP contribution in [0.3, 0.4) is 0 Å². The number of imidazole rings is 1. The molecule has 0 saturated carbocycles. The lowest BCUT2D eigenvalue weighted by molar-refractivity contribution is 0.307. The summed E-state index contributed by atoms with van der Waals surface area (Å²) in [5.41, 5.74) is 3.93. The largest absolute Gasteiger partial charge is 0.327 e. The first kappa shape index (κ1) is 14.6. The van der Waals surface area contributed by atoms with Gasteiger partial charge in [-0.1, -0.05) is 26.8 Å². The third-order valence-corrected chi connectivity index (χ3v) is 5.09. The summed E-state index contributed by atoms with van der Waals surface area (Å²) in [6.07, 6.45) is 2.34. The predicted molar refractivity (Wildman–Crippen MR) is 88.8 cm³/mol. The Bertz CT molecular complexity index is 633. The Kier molecular flexibility index (Phi) is 3.78. The second kappa shape index (κ2) is 5.45. The lowest BCUT2D eigenvalue weighted by Crippen LogP contribution is -2.37. The van der Waals surface area contributed by atoms with Gasteiger partial charge in [-0.2, -0.15) is 0 Å². The highest BCUT2D eigenvalue weighted by Gasteiger charge is 2.42. The number of rotatable bonds is 4. The molecule has 0 aliphatic carbocycles. The van der Waals surface area contributed by atoms with Crippen molar-refractivity contribution in [3.63, 3.8) is 0 Å². The van der Waals surface area contributed by atoms with Gasteiger partial charge in [0.25, 0.3) is 0 Å². The van der Waals surface area contributed by atoms with Crippen LogP contribution in [0.1, 0.15) is 45.0 Å².